The molecule has 42 heavy (non-hydrogen) atoms. The van der Waals surface area contributed by atoms with E-state index in [2.05, 4.69) is 20.6 Å². The third-order valence-electron chi connectivity index (χ3n) is 6.80. The number of benzene rings is 2. The van der Waals surface area contributed by atoms with Gasteiger partial charge in [-0.15, -0.1) is 11.3 Å². The van der Waals surface area contributed by atoms with Crippen LogP contribution in [-0.2, 0) is 4.79 Å². The van der Waals surface area contributed by atoms with Crippen molar-refractivity contribution < 1.29 is 22.8 Å². The maximum Gasteiger partial charge on any atom is 0.269 e. The van der Waals surface area contributed by atoms with Crippen molar-refractivity contribution in [1.82, 2.24) is 10.3 Å². The number of pyridine rings is 1. The van der Waals surface area contributed by atoms with Gasteiger partial charge < -0.3 is 21.3 Å². The zero-order valence-electron chi connectivity index (χ0n) is 22.7. The number of thiophene rings is 1. The lowest BCUT2D eigenvalue weighted by Gasteiger charge is -2.17. The van der Waals surface area contributed by atoms with Crippen molar-refractivity contribution in [2.45, 2.75) is 19.3 Å². The topological polar surface area (TPSA) is 113 Å². The van der Waals surface area contributed by atoms with Gasteiger partial charge in [-0.3, -0.25) is 9.59 Å². The van der Waals surface area contributed by atoms with E-state index in [4.69, 9.17) is 5.73 Å². The average molecular weight is 593 g/mol. The van der Waals surface area contributed by atoms with Crippen LogP contribution in [0.2, 0.25) is 0 Å². The standard InChI is InChI=1S/C30H27F3N6O2S/c1-17-7-9-20(26(31)27(17)38-29(41)24-13-18-5-3-4-6-23(18)42-24)21(34)14-22(28(40)35-2)37-25-10-8-19(15-36-25)39-12-11-30(32,33)16-39/h3-10,13-15H,11-12,16,34H2,1-2H3,(H,35,40)(H,38,41). The Morgan fingerprint density at radius 1 is 1.17 bits per heavy atom. The smallest absolute Gasteiger partial charge is 0.269 e. The van der Waals surface area contributed by atoms with E-state index in [9.17, 15) is 18.4 Å². The summed E-state index contributed by atoms with van der Waals surface area (Å²) < 4.78 is 43.8. The number of carbonyl (C=O) groups excluding carboxylic acids is 2. The van der Waals surface area contributed by atoms with Gasteiger partial charge in [0, 0.05) is 36.0 Å². The fourth-order valence-corrected chi connectivity index (χ4v) is 5.49. The molecule has 0 saturated carbocycles. The molecule has 1 fully saturated rings. The Kier molecular flexibility index (Phi) is 7.99. The third kappa shape index (κ3) is 6.13. The van der Waals surface area contributed by atoms with E-state index in [0.717, 1.165) is 10.1 Å². The summed E-state index contributed by atoms with van der Waals surface area (Å²) in [5.41, 5.74) is 6.90. The van der Waals surface area contributed by atoms with Crippen molar-refractivity contribution in [3.63, 3.8) is 0 Å². The molecule has 5 rings (SSSR count). The Labute approximate surface area is 243 Å². The zero-order valence-corrected chi connectivity index (χ0v) is 23.6. The van der Waals surface area contributed by atoms with Crippen LogP contribution in [0.5, 0.6) is 0 Å². The first-order chi connectivity index (χ1) is 20.0. The summed E-state index contributed by atoms with van der Waals surface area (Å²) in [5, 5.41) is 6.02. The van der Waals surface area contributed by atoms with Crippen molar-refractivity contribution in [2.75, 3.05) is 30.4 Å². The molecule has 1 aliphatic rings. The molecule has 2 aromatic heterocycles. The highest BCUT2D eigenvalue weighted by Gasteiger charge is 2.38. The molecule has 2 amide bonds. The predicted molar refractivity (Wildman–Crippen MR) is 160 cm³/mol. The lowest BCUT2D eigenvalue weighted by atomic mass is 10.0. The van der Waals surface area contributed by atoms with Crippen LogP contribution in [-0.4, -0.2) is 48.6 Å². The van der Waals surface area contributed by atoms with Crippen LogP contribution in [0.15, 0.2) is 71.9 Å². The Hall–Kier alpha value is -4.71. The summed E-state index contributed by atoms with van der Waals surface area (Å²) in [6.45, 7) is 1.47. The number of nitrogens with one attached hydrogen (secondary N) is 2. The summed E-state index contributed by atoms with van der Waals surface area (Å²) in [4.78, 5) is 36.0. The van der Waals surface area contributed by atoms with Crippen LogP contribution in [0.25, 0.3) is 15.8 Å². The fraction of sp³-hybridized carbons (Fsp3) is 0.200. The monoisotopic (exact) mass is 592 g/mol. The van der Waals surface area contributed by atoms with Gasteiger partial charge in [-0.1, -0.05) is 24.3 Å². The molecule has 4 aromatic rings. The van der Waals surface area contributed by atoms with E-state index in [1.807, 2.05) is 24.3 Å². The van der Waals surface area contributed by atoms with Crippen LogP contribution >= 0.6 is 11.3 Å². The molecule has 3 heterocycles. The first-order valence-electron chi connectivity index (χ1n) is 13.0. The summed E-state index contributed by atoms with van der Waals surface area (Å²) >= 11 is 1.30. The van der Waals surface area contributed by atoms with Crippen molar-refractivity contribution in [2.24, 2.45) is 10.7 Å². The first kappa shape index (κ1) is 28.8. The molecule has 0 atom stereocenters. The van der Waals surface area contributed by atoms with Crippen molar-refractivity contribution >= 4 is 61.8 Å². The van der Waals surface area contributed by atoms with E-state index in [1.165, 1.54) is 47.7 Å². The second kappa shape index (κ2) is 11.6. The van der Waals surface area contributed by atoms with Crippen molar-refractivity contribution in [3.8, 4) is 0 Å². The number of aromatic nitrogens is 1. The lowest BCUT2D eigenvalue weighted by molar-refractivity contribution is -0.114. The summed E-state index contributed by atoms with van der Waals surface area (Å²) in [6, 6.07) is 15.4. The molecule has 2 aromatic carbocycles. The number of aryl methyl sites for hydroxylation is 1. The zero-order chi connectivity index (χ0) is 30.0. The number of halogens is 3. The molecule has 0 unspecified atom stereocenters. The number of anilines is 2. The van der Waals surface area contributed by atoms with E-state index >= 15 is 4.39 Å². The van der Waals surface area contributed by atoms with Gasteiger partial charge in [-0.05, 0) is 54.3 Å². The van der Waals surface area contributed by atoms with Gasteiger partial charge in [-0.2, -0.15) is 0 Å². The highest BCUT2D eigenvalue weighted by atomic mass is 32.1. The van der Waals surface area contributed by atoms with Gasteiger partial charge in [0.15, 0.2) is 11.6 Å². The number of hydrogen-bond acceptors (Lipinski definition) is 7. The van der Waals surface area contributed by atoms with E-state index in [0.29, 0.717) is 16.1 Å². The van der Waals surface area contributed by atoms with Gasteiger partial charge in [0.2, 0.25) is 0 Å². The minimum Gasteiger partial charge on any atom is -0.398 e. The van der Waals surface area contributed by atoms with Gasteiger partial charge in [0.1, 0.15) is 5.71 Å². The molecule has 0 radical (unpaired) electrons. The molecule has 12 heteroatoms. The van der Waals surface area contributed by atoms with Gasteiger partial charge in [-0.25, -0.2) is 23.1 Å². The number of alkyl halides is 2. The molecular weight excluding hydrogens is 565 g/mol. The minimum absolute atomic E-state index is 0.0329. The first-order valence-corrected chi connectivity index (χ1v) is 13.8. The number of fused-ring (bicyclic) bond motifs is 1. The van der Waals surface area contributed by atoms with Crippen LogP contribution in [0.4, 0.5) is 30.4 Å². The molecule has 1 saturated heterocycles. The normalized spacial score (nSPS) is 15.2. The fourth-order valence-electron chi connectivity index (χ4n) is 4.53. The second-order valence-corrected chi connectivity index (χ2v) is 10.9. The molecule has 1 aliphatic heterocycles. The maximum atomic E-state index is 15.7. The molecule has 0 spiro atoms. The van der Waals surface area contributed by atoms with Crippen LogP contribution in [0.3, 0.4) is 0 Å². The average Bonchev–Trinajstić information content (AvgIpc) is 3.57. The predicted octanol–water partition coefficient (Wildman–Crippen LogP) is 5.66. The van der Waals surface area contributed by atoms with Gasteiger partial charge >= 0.3 is 0 Å². The number of aliphatic imine (C=N–C) groups is 1. The molecular formula is C30H27F3N6O2S. The van der Waals surface area contributed by atoms with Gasteiger partial charge in [0.25, 0.3) is 17.7 Å². The van der Waals surface area contributed by atoms with E-state index < -0.39 is 30.1 Å². The summed E-state index contributed by atoms with van der Waals surface area (Å²) in [5.74, 6) is -4.45. The highest BCUT2D eigenvalue weighted by molar-refractivity contribution is 7.20. The van der Waals surface area contributed by atoms with Crippen LogP contribution in [0.1, 0.15) is 27.2 Å². The lowest BCUT2D eigenvalue weighted by Crippen LogP contribution is -2.27. The second-order valence-electron chi connectivity index (χ2n) is 9.80. The Morgan fingerprint density at radius 3 is 2.62 bits per heavy atom. The Morgan fingerprint density at radius 2 is 1.95 bits per heavy atom. The Bertz CT molecular complexity index is 1700. The van der Waals surface area contributed by atoms with E-state index in [1.54, 1.807) is 25.1 Å². The summed E-state index contributed by atoms with van der Waals surface area (Å²) in [7, 11) is 1.40. The molecule has 8 nitrogen and oxygen atoms in total. The van der Waals surface area contributed by atoms with Crippen LogP contribution < -0.4 is 21.3 Å². The van der Waals surface area contributed by atoms with E-state index in [-0.39, 0.29) is 41.4 Å². The Balaban J connectivity index is 1.41. The SMILES string of the molecule is CNC(=O)C(C=C(N)c1ccc(C)c(NC(=O)c2cc3ccccc3s2)c1F)=Nc1ccc(N2CCC(F)(F)C2)cn1. The van der Waals surface area contributed by atoms with Crippen molar-refractivity contribution in [3.05, 3.63) is 88.7 Å². The number of rotatable bonds is 7. The molecule has 4 N–H and O–H groups in total. The number of carbonyl (C=O) groups is 2. The summed E-state index contributed by atoms with van der Waals surface area (Å²) in [6.07, 6.45) is 2.38. The van der Waals surface area contributed by atoms with Crippen LogP contribution in [0, 0.1) is 12.7 Å². The maximum absolute atomic E-state index is 15.7. The minimum atomic E-state index is -2.75. The highest BCUT2D eigenvalue weighted by Crippen LogP contribution is 2.32. The molecule has 0 aliphatic carbocycles. The number of amides is 2. The third-order valence-corrected chi connectivity index (χ3v) is 7.92. The number of nitrogens with zero attached hydrogens (tertiary/aromatic N) is 3. The van der Waals surface area contributed by atoms with Gasteiger partial charge in [0.05, 0.1) is 29.0 Å². The molecule has 216 valence electrons. The largest absolute Gasteiger partial charge is 0.398 e. The quantitative estimate of drug-likeness (QED) is 0.240. The van der Waals surface area contributed by atoms with Crippen molar-refractivity contribution in [1.29, 1.82) is 0 Å². The number of hydrogen-bond donors (Lipinski definition) is 3. The number of nitrogens with two attached hydrogens (primary N) is 1. The molecule has 0 bridgehead atoms.